The minimum atomic E-state index is -2.99. The molecule has 2 rings (SSSR count). The molecule has 0 bridgehead atoms. The number of carbonyl (C=O) groups excluding carboxylic acids is 2. The SMILES string of the molecule is CCNC(=O)CN(CC)CC(=O)c1cc(C)n([C@H]2CCS(=O)(=O)C2)c1C. The summed E-state index contributed by atoms with van der Waals surface area (Å²) in [6, 6.07) is 1.74. The molecular formula is C18H29N3O4S. The number of rotatable bonds is 8. The van der Waals surface area contributed by atoms with Crippen molar-refractivity contribution in [1.29, 1.82) is 0 Å². The van der Waals surface area contributed by atoms with Crippen LogP contribution in [-0.4, -0.2) is 67.3 Å². The minimum Gasteiger partial charge on any atom is -0.355 e. The number of amides is 1. The lowest BCUT2D eigenvalue weighted by Crippen LogP contribution is -2.39. The van der Waals surface area contributed by atoms with Crippen LogP contribution < -0.4 is 5.32 Å². The van der Waals surface area contributed by atoms with E-state index < -0.39 is 9.84 Å². The fraction of sp³-hybridized carbons (Fsp3) is 0.667. The summed E-state index contributed by atoms with van der Waals surface area (Å²) < 4.78 is 25.6. The zero-order chi connectivity index (χ0) is 19.5. The summed E-state index contributed by atoms with van der Waals surface area (Å²) in [7, 11) is -2.99. The van der Waals surface area contributed by atoms with Crippen molar-refractivity contribution >= 4 is 21.5 Å². The van der Waals surface area contributed by atoms with Gasteiger partial charge in [-0.15, -0.1) is 0 Å². The maximum Gasteiger partial charge on any atom is 0.234 e. The Morgan fingerprint density at radius 3 is 2.50 bits per heavy atom. The Balaban J connectivity index is 2.14. The van der Waals surface area contributed by atoms with Crippen LogP contribution >= 0.6 is 0 Å². The van der Waals surface area contributed by atoms with E-state index in [0.717, 1.165) is 11.4 Å². The maximum absolute atomic E-state index is 12.8. The normalized spacial score (nSPS) is 19.0. The third kappa shape index (κ3) is 4.73. The van der Waals surface area contributed by atoms with Gasteiger partial charge in [-0.25, -0.2) is 8.42 Å². The predicted molar refractivity (Wildman–Crippen MR) is 101 cm³/mol. The highest BCUT2D eigenvalue weighted by Crippen LogP contribution is 2.29. The summed E-state index contributed by atoms with van der Waals surface area (Å²) >= 11 is 0. The van der Waals surface area contributed by atoms with Crippen molar-refractivity contribution in [3.8, 4) is 0 Å². The topological polar surface area (TPSA) is 88.5 Å². The smallest absolute Gasteiger partial charge is 0.234 e. The van der Waals surface area contributed by atoms with Crippen LogP contribution in [0.25, 0.3) is 0 Å². The van der Waals surface area contributed by atoms with Crippen LogP contribution in [0.1, 0.15) is 48.1 Å². The van der Waals surface area contributed by atoms with Crippen molar-refractivity contribution in [3.63, 3.8) is 0 Å². The molecule has 1 atom stereocenters. The van der Waals surface area contributed by atoms with E-state index in [2.05, 4.69) is 5.32 Å². The molecule has 1 saturated heterocycles. The van der Waals surface area contributed by atoms with Gasteiger partial charge >= 0.3 is 0 Å². The molecule has 8 heteroatoms. The van der Waals surface area contributed by atoms with E-state index in [1.54, 1.807) is 4.90 Å². The van der Waals surface area contributed by atoms with E-state index in [-0.39, 0.29) is 42.3 Å². The number of Topliss-reactive ketones (excluding diaryl/α,β-unsaturated/α-hetero) is 1. The van der Waals surface area contributed by atoms with Crippen LogP contribution in [0, 0.1) is 13.8 Å². The second-order valence-electron chi connectivity index (χ2n) is 6.89. The van der Waals surface area contributed by atoms with Crippen molar-refractivity contribution in [3.05, 3.63) is 23.0 Å². The Hall–Kier alpha value is -1.67. The van der Waals surface area contributed by atoms with Gasteiger partial charge in [0.1, 0.15) is 0 Å². The van der Waals surface area contributed by atoms with Gasteiger partial charge < -0.3 is 9.88 Å². The molecule has 26 heavy (non-hydrogen) atoms. The first-order chi connectivity index (χ1) is 12.2. The van der Waals surface area contributed by atoms with Crippen LogP contribution in [-0.2, 0) is 14.6 Å². The molecule has 0 aromatic carbocycles. The summed E-state index contributed by atoms with van der Waals surface area (Å²) in [5.41, 5.74) is 2.32. The van der Waals surface area contributed by atoms with Crippen molar-refractivity contribution in [2.24, 2.45) is 0 Å². The molecule has 1 aromatic heterocycles. The third-order valence-corrected chi connectivity index (χ3v) is 6.66. The number of nitrogens with one attached hydrogen (secondary N) is 1. The highest BCUT2D eigenvalue weighted by molar-refractivity contribution is 7.91. The van der Waals surface area contributed by atoms with Gasteiger partial charge in [-0.2, -0.15) is 0 Å². The Morgan fingerprint density at radius 1 is 1.27 bits per heavy atom. The third-order valence-electron chi connectivity index (χ3n) is 4.91. The number of aryl methyl sites for hydroxylation is 1. The van der Waals surface area contributed by atoms with E-state index in [4.69, 9.17) is 0 Å². The molecule has 2 heterocycles. The van der Waals surface area contributed by atoms with Gasteiger partial charge in [0, 0.05) is 29.5 Å². The van der Waals surface area contributed by atoms with Crippen molar-refractivity contribution in [2.75, 3.05) is 37.7 Å². The minimum absolute atomic E-state index is 0.0450. The molecule has 7 nitrogen and oxygen atoms in total. The lowest BCUT2D eigenvalue weighted by molar-refractivity contribution is -0.121. The summed E-state index contributed by atoms with van der Waals surface area (Å²) in [4.78, 5) is 26.3. The number of likely N-dealkylation sites (N-methyl/N-ethyl adjacent to an activating group) is 2. The van der Waals surface area contributed by atoms with Gasteiger partial charge in [0.15, 0.2) is 15.6 Å². The Kier molecular flexibility index (Phi) is 6.63. The second-order valence-corrected chi connectivity index (χ2v) is 9.12. The quantitative estimate of drug-likeness (QED) is 0.679. The number of carbonyl (C=O) groups is 2. The van der Waals surface area contributed by atoms with Crippen molar-refractivity contribution in [1.82, 2.24) is 14.8 Å². The number of hydrogen-bond acceptors (Lipinski definition) is 5. The van der Waals surface area contributed by atoms with Crippen LogP contribution in [0.4, 0.5) is 0 Å². The monoisotopic (exact) mass is 383 g/mol. The van der Waals surface area contributed by atoms with Crippen LogP contribution in [0.3, 0.4) is 0 Å². The first-order valence-electron chi connectivity index (χ1n) is 9.09. The highest BCUT2D eigenvalue weighted by Gasteiger charge is 2.31. The predicted octanol–water partition coefficient (Wildman–Crippen LogP) is 1.11. The van der Waals surface area contributed by atoms with E-state index in [1.165, 1.54) is 0 Å². The molecule has 1 aliphatic rings. The lowest BCUT2D eigenvalue weighted by Gasteiger charge is -2.19. The molecule has 1 N–H and O–H groups in total. The number of sulfone groups is 1. The van der Waals surface area contributed by atoms with Crippen molar-refractivity contribution < 1.29 is 18.0 Å². The molecule has 1 aromatic rings. The molecule has 1 amide bonds. The average Bonchev–Trinajstić information content (AvgIpc) is 3.05. The van der Waals surface area contributed by atoms with E-state index >= 15 is 0 Å². The van der Waals surface area contributed by atoms with Gasteiger partial charge in [-0.05, 0) is 39.8 Å². The van der Waals surface area contributed by atoms with Gasteiger partial charge in [0.2, 0.25) is 5.91 Å². The summed E-state index contributed by atoms with van der Waals surface area (Å²) in [5.74, 6) is 0.198. The first-order valence-corrected chi connectivity index (χ1v) is 10.9. The van der Waals surface area contributed by atoms with Crippen LogP contribution in [0.2, 0.25) is 0 Å². The molecule has 0 aliphatic carbocycles. The van der Waals surface area contributed by atoms with E-state index in [0.29, 0.717) is 25.1 Å². The second kappa shape index (κ2) is 8.35. The van der Waals surface area contributed by atoms with Gasteiger partial charge in [-0.1, -0.05) is 6.92 Å². The zero-order valence-corrected chi connectivity index (χ0v) is 16.9. The largest absolute Gasteiger partial charge is 0.355 e. The zero-order valence-electron chi connectivity index (χ0n) is 16.0. The Morgan fingerprint density at radius 2 is 1.96 bits per heavy atom. The molecule has 0 spiro atoms. The number of hydrogen-bond donors (Lipinski definition) is 1. The van der Waals surface area contributed by atoms with Gasteiger partial charge in [0.25, 0.3) is 0 Å². The van der Waals surface area contributed by atoms with Crippen LogP contribution in [0.15, 0.2) is 6.07 Å². The van der Waals surface area contributed by atoms with Crippen LogP contribution in [0.5, 0.6) is 0 Å². The molecule has 1 aliphatic heterocycles. The number of nitrogens with zero attached hydrogens (tertiary/aromatic N) is 2. The maximum atomic E-state index is 12.8. The average molecular weight is 384 g/mol. The lowest BCUT2D eigenvalue weighted by atomic mass is 10.1. The number of aromatic nitrogens is 1. The molecule has 146 valence electrons. The molecule has 0 saturated carbocycles. The fourth-order valence-electron chi connectivity index (χ4n) is 3.62. The van der Waals surface area contributed by atoms with Crippen molar-refractivity contribution in [2.45, 2.75) is 40.2 Å². The summed E-state index contributed by atoms with van der Waals surface area (Å²) in [6.07, 6.45) is 0.588. The molecule has 0 radical (unpaired) electrons. The molecule has 1 fully saturated rings. The fourth-order valence-corrected chi connectivity index (χ4v) is 5.32. The summed E-state index contributed by atoms with van der Waals surface area (Å²) in [6.45, 7) is 9.07. The Bertz CT molecular complexity index is 783. The van der Waals surface area contributed by atoms with E-state index in [9.17, 15) is 18.0 Å². The first kappa shape index (κ1) is 20.6. The summed E-state index contributed by atoms with van der Waals surface area (Å²) in [5, 5.41) is 2.74. The Labute approximate surface area is 155 Å². The highest BCUT2D eigenvalue weighted by atomic mass is 32.2. The molecule has 0 unspecified atom stereocenters. The molecular weight excluding hydrogens is 354 g/mol. The van der Waals surface area contributed by atoms with E-state index in [1.807, 2.05) is 38.3 Å². The number of ketones is 1. The van der Waals surface area contributed by atoms with Gasteiger partial charge in [0.05, 0.1) is 24.6 Å². The standard InChI is InChI=1S/C18H29N3O4S/c1-5-19-18(23)11-20(6-2)10-17(22)16-9-13(3)21(14(16)4)15-7-8-26(24,25)12-15/h9,15H,5-8,10-12H2,1-4H3,(H,19,23)/t15-/m0/s1. The van der Waals surface area contributed by atoms with Gasteiger partial charge in [-0.3, -0.25) is 14.5 Å².